The molecule has 0 atom stereocenters. The van der Waals surface area contributed by atoms with E-state index in [0.717, 1.165) is 4.31 Å². The van der Waals surface area contributed by atoms with Crippen molar-refractivity contribution in [2.45, 2.75) is 11.3 Å². The van der Waals surface area contributed by atoms with Crippen LogP contribution in [-0.2, 0) is 10.0 Å². The monoisotopic (exact) mass is 498 g/mol. The van der Waals surface area contributed by atoms with Gasteiger partial charge in [-0.1, -0.05) is 23.2 Å². The van der Waals surface area contributed by atoms with Gasteiger partial charge in [-0.3, -0.25) is 4.79 Å². The van der Waals surface area contributed by atoms with Gasteiger partial charge < -0.3 is 15.1 Å². The van der Waals surface area contributed by atoms with Crippen molar-refractivity contribution in [3.63, 3.8) is 0 Å². The first-order chi connectivity index (χ1) is 15.1. The summed E-state index contributed by atoms with van der Waals surface area (Å²) >= 11 is 12.0. The van der Waals surface area contributed by atoms with Gasteiger partial charge in [-0.15, -0.1) is 0 Å². The Balaban J connectivity index is 1.69. The van der Waals surface area contributed by atoms with Gasteiger partial charge in [0.1, 0.15) is 4.90 Å². The molecule has 0 radical (unpaired) electrons. The molecule has 0 aliphatic carbocycles. The minimum atomic E-state index is -3.79. The lowest BCUT2D eigenvalue weighted by atomic mass is 10.2. The van der Waals surface area contributed by atoms with Crippen molar-refractivity contribution < 1.29 is 18.0 Å². The first-order valence-electron chi connectivity index (χ1n) is 9.92. The number of anilines is 1. The highest BCUT2D eigenvalue weighted by Crippen LogP contribution is 2.25. The van der Waals surface area contributed by atoms with Crippen LogP contribution in [0.4, 0.5) is 10.5 Å². The lowest BCUT2D eigenvalue weighted by molar-refractivity contribution is 0.0762. The summed E-state index contributed by atoms with van der Waals surface area (Å²) in [4.78, 5) is 28.8. The summed E-state index contributed by atoms with van der Waals surface area (Å²) in [5.41, 5.74) is 0.862. The fraction of sp³-hybridized carbons (Fsp3) is 0.333. The normalized spacial score (nSPS) is 14.9. The molecular formula is C21H24Cl2N4O4S. The number of carbonyl (C=O) groups excluding carboxylic acids is 2. The number of sulfonamides is 1. The van der Waals surface area contributed by atoms with Crippen molar-refractivity contribution in [3.8, 4) is 0 Å². The number of benzene rings is 2. The Morgan fingerprint density at radius 2 is 1.56 bits per heavy atom. The van der Waals surface area contributed by atoms with E-state index in [1.54, 1.807) is 34.1 Å². The van der Waals surface area contributed by atoms with E-state index in [1.807, 2.05) is 0 Å². The molecule has 1 aliphatic rings. The molecule has 0 saturated carbocycles. The van der Waals surface area contributed by atoms with Crippen LogP contribution in [0.1, 0.15) is 16.8 Å². The van der Waals surface area contributed by atoms with Crippen molar-refractivity contribution in [2.24, 2.45) is 0 Å². The molecule has 1 saturated heterocycles. The number of carbonyl (C=O) groups is 2. The van der Waals surface area contributed by atoms with E-state index in [-0.39, 0.29) is 27.4 Å². The van der Waals surface area contributed by atoms with Gasteiger partial charge in [-0.2, -0.15) is 0 Å². The first kappa shape index (κ1) is 24.3. The molecule has 1 heterocycles. The molecule has 1 N–H and O–H groups in total. The second-order valence-corrected chi connectivity index (χ2v) is 10.5. The maximum atomic E-state index is 13.1. The molecule has 0 aromatic heterocycles. The summed E-state index contributed by atoms with van der Waals surface area (Å²) in [6.07, 6.45) is 0.593. The smallest absolute Gasteiger partial charge is 0.321 e. The lowest BCUT2D eigenvalue weighted by Gasteiger charge is -2.23. The third kappa shape index (κ3) is 5.53. The second kappa shape index (κ2) is 10.1. The molecular weight excluding hydrogens is 475 g/mol. The van der Waals surface area contributed by atoms with Gasteiger partial charge in [0.25, 0.3) is 5.91 Å². The lowest BCUT2D eigenvalue weighted by Crippen LogP contribution is -2.39. The van der Waals surface area contributed by atoms with Crippen molar-refractivity contribution in [3.05, 3.63) is 58.1 Å². The van der Waals surface area contributed by atoms with Crippen LogP contribution in [0.15, 0.2) is 47.4 Å². The summed E-state index contributed by atoms with van der Waals surface area (Å²) in [5, 5.41) is 3.45. The predicted molar refractivity (Wildman–Crippen MR) is 125 cm³/mol. The number of nitrogens with zero attached hydrogens (tertiary/aromatic N) is 3. The minimum Gasteiger partial charge on any atom is -0.337 e. The van der Waals surface area contributed by atoms with Gasteiger partial charge in [0, 0.05) is 56.5 Å². The highest BCUT2D eigenvalue weighted by Gasteiger charge is 2.26. The highest BCUT2D eigenvalue weighted by atomic mass is 35.5. The Hall–Kier alpha value is -2.33. The van der Waals surface area contributed by atoms with Crippen LogP contribution in [-0.4, -0.2) is 74.7 Å². The van der Waals surface area contributed by atoms with Crippen LogP contribution in [0.2, 0.25) is 10.0 Å². The third-order valence-corrected chi connectivity index (χ3v) is 7.65. The van der Waals surface area contributed by atoms with Gasteiger partial charge in [-0.25, -0.2) is 17.5 Å². The van der Waals surface area contributed by atoms with Crippen LogP contribution >= 0.6 is 23.2 Å². The molecule has 2 aromatic rings. The van der Waals surface area contributed by atoms with Crippen LogP contribution in [0.5, 0.6) is 0 Å². The van der Waals surface area contributed by atoms with Gasteiger partial charge in [0.05, 0.1) is 5.02 Å². The number of hydrogen-bond donors (Lipinski definition) is 1. The molecule has 2 aromatic carbocycles. The van der Waals surface area contributed by atoms with E-state index in [9.17, 15) is 18.0 Å². The van der Waals surface area contributed by atoms with E-state index in [0.29, 0.717) is 43.3 Å². The quantitative estimate of drug-likeness (QED) is 0.696. The van der Waals surface area contributed by atoms with Gasteiger partial charge >= 0.3 is 6.03 Å². The highest BCUT2D eigenvalue weighted by molar-refractivity contribution is 7.89. The van der Waals surface area contributed by atoms with Crippen LogP contribution in [0, 0.1) is 0 Å². The first-order valence-corrected chi connectivity index (χ1v) is 12.1. The summed E-state index contributed by atoms with van der Waals surface area (Å²) in [6.45, 7) is 1.61. The molecule has 3 rings (SSSR count). The Labute approximate surface area is 197 Å². The van der Waals surface area contributed by atoms with E-state index in [4.69, 9.17) is 23.2 Å². The standard InChI is InChI=1S/C21H24Cl2N4O4S/c1-25(2)32(30,31)19-14-15(4-9-18(19)23)20(28)26-10-3-11-27(13-12-26)21(29)24-17-7-5-16(22)6-8-17/h4-9,14H,3,10-13H2,1-2H3,(H,24,29). The van der Waals surface area contributed by atoms with Crippen LogP contribution < -0.4 is 5.32 Å². The second-order valence-electron chi connectivity index (χ2n) is 7.50. The fourth-order valence-corrected chi connectivity index (χ4v) is 4.79. The molecule has 3 amide bonds. The van der Waals surface area contributed by atoms with Crippen molar-refractivity contribution in [1.82, 2.24) is 14.1 Å². The summed E-state index contributed by atoms with van der Waals surface area (Å²) in [7, 11) is -0.990. The van der Waals surface area contributed by atoms with E-state index in [1.165, 1.54) is 32.3 Å². The largest absolute Gasteiger partial charge is 0.337 e. The average Bonchev–Trinajstić information content (AvgIpc) is 3.01. The SMILES string of the molecule is CN(C)S(=O)(=O)c1cc(C(=O)N2CCCN(C(=O)Nc3ccc(Cl)cc3)CC2)ccc1Cl. The minimum absolute atomic E-state index is 0.0520. The molecule has 172 valence electrons. The Kier molecular flexibility index (Phi) is 7.66. The van der Waals surface area contributed by atoms with E-state index in [2.05, 4.69) is 5.32 Å². The molecule has 0 bridgehead atoms. The van der Waals surface area contributed by atoms with Crippen molar-refractivity contribution >= 4 is 50.9 Å². The molecule has 8 nitrogen and oxygen atoms in total. The van der Waals surface area contributed by atoms with Crippen molar-refractivity contribution in [2.75, 3.05) is 45.6 Å². The molecule has 0 unspecified atom stereocenters. The summed E-state index contributed by atoms with van der Waals surface area (Å²) < 4.78 is 26.1. The zero-order valence-electron chi connectivity index (χ0n) is 17.7. The number of rotatable bonds is 4. The number of hydrogen-bond acceptors (Lipinski definition) is 4. The zero-order valence-corrected chi connectivity index (χ0v) is 20.0. The Morgan fingerprint density at radius 3 is 2.22 bits per heavy atom. The fourth-order valence-electron chi connectivity index (χ4n) is 3.27. The predicted octanol–water partition coefficient (Wildman–Crippen LogP) is 3.62. The maximum Gasteiger partial charge on any atom is 0.321 e. The van der Waals surface area contributed by atoms with E-state index >= 15 is 0 Å². The summed E-state index contributed by atoms with van der Waals surface area (Å²) in [5.74, 6) is -0.308. The van der Waals surface area contributed by atoms with Crippen LogP contribution in [0.3, 0.4) is 0 Å². The third-order valence-electron chi connectivity index (χ3n) is 5.10. The number of halogens is 2. The molecule has 1 fully saturated rings. The molecule has 1 aliphatic heterocycles. The van der Waals surface area contributed by atoms with Crippen molar-refractivity contribution in [1.29, 1.82) is 0 Å². The van der Waals surface area contributed by atoms with Gasteiger partial charge in [0.2, 0.25) is 10.0 Å². The topological polar surface area (TPSA) is 90.0 Å². The number of amides is 3. The molecule has 32 heavy (non-hydrogen) atoms. The number of nitrogens with one attached hydrogen (secondary N) is 1. The van der Waals surface area contributed by atoms with Crippen LogP contribution in [0.25, 0.3) is 0 Å². The zero-order chi connectivity index (χ0) is 23.5. The molecule has 0 spiro atoms. The van der Waals surface area contributed by atoms with Gasteiger partial charge in [-0.05, 0) is 48.9 Å². The average molecular weight is 499 g/mol. The summed E-state index contributed by atoms with van der Waals surface area (Å²) in [6, 6.07) is 10.8. The maximum absolute atomic E-state index is 13.1. The number of urea groups is 1. The molecule has 11 heteroatoms. The van der Waals surface area contributed by atoms with E-state index < -0.39 is 10.0 Å². The van der Waals surface area contributed by atoms with Gasteiger partial charge in [0.15, 0.2) is 0 Å². The Bertz CT molecular complexity index is 1110. The Morgan fingerprint density at radius 1 is 0.938 bits per heavy atom.